The summed E-state index contributed by atoms with van der Waals surface area (Å²) < 4.78 is 5.33. The number of carbonyl (C=O) groups is 1. The van der Waals surface area contributed by atoms with Crippen LogP contribution >= 0.6 is 23.6 Å². The van der Waals surface area contributed by atoms with Crippen LogP contribution in [0.3, 0.4) is 0 Å². The predicted octanol–water partition coefficient (Wildman–Crippen LogP) is 3.82. The smallest absolute Gasteiger partial charge is 0.341 e. The van der Waals surface area contributed by atoms with Crippen molar-refractivity contribution < 1.29 is 9.53 Å². The van der Waals surface area contributed by atoms with E-state index in [9.17, 15) is 4.79 Å². The summed E-state index contributed by atoms with van der Waals surface area (Å²) in [6.07, 6.45) is 7.81. The third-order valence-corrected chi connectivity index (χ3v) is 5.90. The Labute approximate surface area is 166 Å². The van der Waals surface area contributed by atoms with Gasteiger partial charge in [-0.15, -0.1) is 11.3 Å². The minimum atomic E-state index is -0.233. The molecule has 0 saturated heterocycles. The lowest BCUT2D eigenvalue weighted by Crippen LogP contribution is -2.31. The van der Waals surface area contributed by atoms with E-state index >= 15 is 0 Å². The summed E-state index contributed by atoms with van der Waals surface area (Å²) in [7, 11) is 4.12. The third kappa shape index (κ3) is 6.21. The average Bonchev–Trinajstić information content (AvgIpc) is 2.88. The van der Waals surface area contributed by atoms with Crippen molar-refractivity contribution in [1.82, 2.24) is 10.2 Å². The molecular weight excluding hydrogens is 366 g/mol. The minimum Gasteiger partial charge on any atom is -0.462 e. The lowest BCUT2D eigenvalue weighted by Gasteiger charge is -2.13. The van der Waals surface area contributed by atoms with Crippen molar-refractivity contribution in [2.75, 3.05) is 39.1 Å². The van der Waals surface area contributed by atoms with Crippen molar-refractivity contribution in [3.05, 3.63) is 16.0 Å². The van der Waals surface area contributed by atoms with Gasteiger partial charge in [-0.3, -0.25) is 0 Å². The SMILES string of the molecule is CCOC(=O)c1c(NC(=S)NCCCN(C)C)sc2c1CCCCCC2. The van der Waals surface area contributed by atoms with Gasteiger partial charge in [-0.25, -0.2) is 4.79 Å². The van der Waals surface area contributed by atoms with Crippen molar-refractivity contribution in [2.45, 2.75) is 51.9 Å². The maximum absolute atomic E-state index is 12.6. The molecule has 2 rings (SSSR count). The second kappa shape index (κ2) is 10.8. The van der Waals surface area contributed by atoms with E-state index in [0.29, 0.717) is 17.3 Å². The molecular formula is C19H31N3O2S2. The van der Waals surface area contributed by atoms with Crippen LogP contribution in [-0.2, 0) is 17.6 Å². The highest BCUT2D eigenvalue weighted by Crippen LogP contribution is 2.37. The Morgan fingerprint density at radius 2 is 1.96 bits per heavy atom. The van der Waals surface area contributed by atoms with Crippen LogP contribution < -0.4 is 10.6 Å². The molecule has 1 aliphatic rings. The second-order valence-corrected chi connectivity index (χ2v) is 8.39. The third-order valence-electron chi connectivity index (χ3n) is 4.45. The van der Waals surface area contributed by atoms with E-state index < -0.39 is 0 Å². The van der Waals surface area contributed by atoms with Crippen molar-refractivity contribution >= 4 is 39.6 Å². The number of thiocarbonyl (C=S) groups is 1. The number of fused-ring (bicyclic) bond motifs is 1. The van der Waals surface area contributed by atoms with Gasteiger partial charge in [-0.2, -0.15) is 0 Å². The lowest BCUT2D eigenvalue weighted by molar-refractivity contribution is 0.0526. The van der Waals surface area contributed by atoms with Gasteiger partial charge in [0.2, 0.25) is 0 Å². The van der Waals surface area contributed by atoms with E-state index in [1.54, 1.807) is 11.3 Å². The largest absolute Gasteiger partial charge is 0.462 e. The van der Waals surface area contributed by atoms with E-state index in [1.807, 2.05) is 6.92 Å². The van der Waals surface area contributed by atoms with Gasteiger partial charge in [-0.05, 0) is 77.4 Å². The van der Waals surface area contributed by atoms with Crippen LogP contribution in [0.1, 0.15) is 59.8 Å². The predicted molar refractivity (Wildman–Crippen MR) is 114 cm³/mol. The number of rotatable bonds is 7. The zero-order valence-electron chi connectivity index (χ0n) is 16.2. The van der Waals surface area contributed by atoms with Crippen LogP contribution in [0.15, 0.2) is 0 Å². The summed E-state index contributed by atoms with van der Waals surface area (Å²) in [5, 5.41) is 7.90. The number of aryl methyl sites for hydroxylation is 1. The molecule has 2 N–H and O–H groups in total. The first-order valence-electron chi connectivity index (χ1n) is 9.54. The van der Waals surface area contributed by atoms with Crippen LogP contribution in [0.5, 0.6) is 0 Å². The summed E-state index contributed by atoms with van der Waals surface area (Å²) >= 11 is 7.10. The number of anilines is 1. The molecule has 1 aromatic heterocycles. The molecule has 0 aromatic carbocycles. The van der Waals surface area contributed by atoms with Gasteiger partial charge in [0.25, 0.3) is 0 Å². The molecule has 26 heavy (non-hydrogen) atoms. The molecule has 0 unspecified atom stereocenters. The van der Waals surface area contributed by atoms with Crippen LogP contribution in [-0.4, -0.2) is 49.8 Å². The molecule has 0 atom stereocenters. The number of hydrogen-bond acceptors (Lipinski definition) is 5. The molecule has 0 spiro atoms. The molecule has 146 valence electrons. The Morgan fingerprint density at radius 3 is 2.65 bits per heavy atom. The number of carbonyl (C=O) groups excluding carboxylic acids is 1. The number of ether oxygens (including phenoxy) is 1. The number of esters is 1. The summed E-state index contributed by atoms with van der Waals surface area (Å²) in [5.41, 5.74) is 1.87. The normalized spacial score (nSPS) is 14.3. The van der Waals surface area contributed by atoms with Crippen molar-refractivity contribution in [2.24, 2.45) is 0 Å². The molecule has 1 heterocycles. The molecule has 1 aliphatic carbocycles. The number of thiophene rings is 1. The molecule has 0 saturated carbocycles. The van der Waals surface area contributed by atoms with Crippen molar-refractivity contribution in [3.8, 4) is 0 Å². The second-order valence-electron chi connectivity index (χ2n) is 6.88. The van der Waals surface area contributed by atoms with Crippen LogP contribution in [0, 0.1) is 0 Å². The first kappa shape index (κ1) is 21.1. The fourth-order valence-electron chi connectivity index (χ4n) is 3.17. The monoisotopic (exact) mass is 397 g/mol. The molecule has 0 fully saturated rings. The quantitative estimate of drug-likeness (QED) is 0.414. The minimum absolute atomic E-state index is 0.233. The molecule has 1 aromatic rings. The van der Waals surface area contributed by atoms with Gasteiger partial charge in [-0.1, -0.05) is 12.8 Å². The zero-order valence-corrected chi connectivity index (χ0v) is 17.8. The van der Waals surface area contributed by atoms with Crippen molar-refractivity contribution in [1.29, 1.82) is 0 Å². The zero-order chi connectivity index (χ0) is 18.9. The van der Waals surface area contributed by atoms with Gasteiger partial charge in [0.15, 0.2) is 5.11 Å². The Morgan fingerprint density at radius 1 is 1.23 bits per heavy atom. The number of hydrogen-bond donors (Lipinski definition) is 2. The fourth-order valence-corrected chi connectivity index (χ4v) is 4.72. The summed E-state index contributed by atoms with van der Waals surface area (Å²) in [4.78, 5) is 16.0. The summed E-state index contributed by atoms with van der Waals surface area (Å²) in [6.45, 7) is 4.05. The topological polar surface area (TPSA) is 53.6 Å². The molecule has 0 aliphatic heterocycles. The van der Waals surface area contributed by atoms with E-state index in [-0.39, 0.29) is 5.97 Å². The van der Waals surface area contributed by atoms with Gasteiger partial charge >= 0.3 is 5.97 Å². The van der Waals surface area contributed by atoms with Crippen LogP contribution in [0.2, 0.25) is 0 Å². The summed E-state index contributed by atoms with van der Waals surface area (Å²) in [5.74, 6) is -0.233. The molecule has 0 radical (unpaired) electrons. The Balaban J connectivity index is 2.11. The first-order valence-corrected chi connectivity index (χ1v) is 10.8. The van der Waals surface area contributed by atoms with Crippen LogP contribution in [0.25, 0.3) is 0 Å². The van der Waals surface area contributed by atoms with E-state index in [4.69, 9.17) is 17.0 Å². The maximum Gasteiger partial charge on any atom is 0.341 e. The highest BCUT2D eigenvalue weighted by molar-refractivity contribution is 7.80. The van der Waals surface area contributed by atoms with E-state index in [2.05, 4.69) is 29.6 Å². The van der Waals surface area contributed by atoms with Crippen LogP contribution in [0.4, 0.5) is 5.00 Å². The Hall–Kier alpha value is -1.18. The molecule has 5 nitrogen and oxygen atoms in total. The highest BCUT2D eigenvalue weighted by Gasteiger charge is 2.25. The Kier molecular flexibility index (Phi) is 8.81. The van der Waals surface area contributed by atoms with E-state index in [1.165, 1.54) is 29.7 Å². The van der Waals surface area contributed by atoms with Gasteiger partial charge in [0.05, 0.1) is 12.2 Å². The van der Waals surface area contributed by atoms with Gasteiger partial charge < -0.3 is 20.3 Å². The molecule has 0 amide bonds. The maximum atomic E-state index is 12.6. The lowest BCUT2D eigenvalue weighted by atomic mass is 9.96. The van der Waals surface area contributed by atoms with Crippen molar-refractivity contribution in [3.63, 3.8) is 0 Å². The number of nitrogens with zero attached hydrogens (tertiary/aromatic N) is 1. The molecule has 0 bridgehead atoms. The highest BCUT2D eigenvalue weighted by atomic mass is 32.1. The Bertz CT molecular complexity index is 614. The number of nitrogens with one attached hydrogen (secondary N) is 2. The average molecular weight is 398 g/mol. The van der Waals surface area contributed by atoms with Gasteiger partial charge in [0.1, 0.15) is 5.00 Å². The van der Waals surface area contributed by atoms with Gasteiger partial charge in [0, 0.05) is 11.4 Å². The van der Waals surface area contributed by atoms with E-state index in [0.717, 1.165) is 43.8 Å². The first-order chi connectivity index (χ1) is 12.5. The standard InChI is InChI=1S/C19H31N3O2S2/c1-4-24-18(23)16-14-10-7-5-6-8-11-15(14)26-17(16)21-19(25)20-12-9-13-22(2)3/h4-13H2,1-3H3,(H2,20,21,25). The summed E-state index contributed by atoms with van der Waals surface area (Å²) in [6, 6.07) is 0. The fraction of sp³-hybridized carbons (Fsp3) is 0.684. The molecule has 7 heteroatoms.